The van der Waals surface area contributed by atoms with Crippen molar-refractivity contribution in [2.75, 3.05) is 0 Å². The Bertz CT molecular complexity index is 389. The van der Waals surface area contributed by atoms with Crippen molar-refractivity contribution in [2.45, 2.75) is 33.6 Å². The molecule has 15 heavy (non-hydrogen) atoms. The molecule has 0 spiro atoms. The minimum absolute atomic E-state index is 0.154. The Morgan fingerprint density at radius 1 is 1.33 bits per heavy atom. The Labute approximate surface area is 91.2 Å². The van der Waals surface area contributed by atoms with Gasteiger partial charge in [-0.05, 0) is 25.7 Å². The van der Waals surface area contributed by atoms with Gasteiger partial charge in [0.25, 0.3) is 0 Å². The fourth-order valence-electron chi connectivity index (χ4n) is 3.39. The molecular formula is C13H16N2. The van der Waals surface area contributed by atoms with E-state index in [1.54, 1.807) is 0 Å². The largest absolute Gasteiger partial charge is 0.197 e. The van der Waals surface area contributed by atoms with Crippen molar-refractivity contribution in [1.82, 2.24) is 0 Å². The maximum atomic E-state index is 9.30. The van der Waals surface area contributed by atoms with Gasteiger partial charge in [0.1, 0.15) is 0 Å². The third kappa shape index (κ3) is 0.975. The Morgan fingerprint density at radius 2 is 1.93 bits per heavy atom. The van der Waals surface area contributed by atoms with Crippen molar-refractivity contribution in [2.24, 2.45) is 22.7 Å². The number of hydrogen-bond acceptors (Lipinski definition) is 2. The maximum Gasteiger partial charge on any atom is 0.155 e. The van der Waals surface area contributed by atoms with E-state index in [9.17, 15) is 10.5 Å². The van der Waals surface area contributed by atoms with Crippen LogP contribution in [0.4, 0.5) is 0 Å². The summed E-state index contributed by atoms with van der Waals surface area (Å²) in [5.41, 5.74) is 0.388. The van der Waals surface area contributed by atoms with Gasteiger partial charge in [-0.2, -0.15) is 10.5 Å². The molecule has 2 atom stereocenters. The molecule has 78 valence electrons. The molecule has 2 unspecified atom stereocenters. The second-order valence-corrected chi connectivity index (χ2v) is 5.44. The van der Waals surface area contributed by atoms with E-state index in [-0.39, 0.29) is 11.3 Å². The highest BCUT2D eigenvalue weighted by atomic mass is 14.7. The fraction of sp³-hybridized carbons (Fsp3) is 0.692. The minimum atomic E-state index is -0.792. The number of hydrogen-bond donors (Lipinski definition) is 0. The number of nitriles is 2. The van der Waals surface area contributed by atoms with Crippen LogP contribution >= 0.6 is 0 Å². The lowest BCUT2D eigenvalue weighted by atomic mass is 9.38. The van der Waals surface area contributed by atoms with Crippen LogP contribution in [0.3, 0.4) is 0 Å². The van der Waals surface area contributed by atoms with Crippen LogP contribution in [0.25, 0.3) is 0 Å². The van der Waals surface area contributed by atoms with Crippen molar-refractivity contribution in [3.8, 4) is 12.1 Å². The van der Waals surface area contributed by atoms with Gasteiger partial charge in [0.2, 0.25) is 0 Å². The first kappa shape index (κ1) is 10.2. The van der Waals surface area contributed by atoms with E-state index in [4.69, 9.17) is 0 Å². The van der Waals surface area contributed by atoms with E-state index in [1.807, 2.05) is 0 Å². The number of allylic oxidation sites excluding steroid dienone is 2. The fourth-order valence-corrected chi connectivity index (χ4v) is 3.39. The third-order valence-corrected chi connectivity index (χ3v) is 4.54. The van der Waals surface area contributed by atoms with Crippen molar-refractivity contribution in [1.29, 1.82) is 10.5 Å². The van der Waals surface area contributed by atoms with Crippen LogP contribution in [0.15, 0.2) is 11.6 Å². The molecule has 0 bridgehead atoms. The quantitative estimate of drug-likeness (QED) is 0.564. The molecular weight excluding hydrogens is 184 g/mol. The summed E-state index contributed by atoms with van der Waals surface area (Å²) >= 11 is 0. The average molecular weight is 200 g/mol. The van der Waals surface area contributed by atoms with Crippen LogP contribution in [0.1, 0.15) is 33.6 Å². The molecule has 0 heterocycles. The second kappa shape index (κ2) is 2.86. The van der Waals surface area contributed by atoms with Gasteiger partial charge in [0.15, 0.2) is 5.41 Å². The highest BCUT2D eigenvalue weighted by Crippen LogP contribution is 2.67. The number of nitrogens with zero attached hydrogens (tertiary/aromatic N) is 2. The van der Waals surface area contributed by atoms with E-state index < -0.39 is 5.41 Å². The molecule has 0 aromatic carbocycles. The molecule has 0 aromatic heterocycles. The van der Waals surface area contributed by atoms with Crippen molar-refractivity contribution < 1.29 is 0 Å². The average Bonchev–Trinajstić information content (AvgIpc) is 2.19. The van der Waals surface area contributed by atoms with Gasteiger partial charge in [-0.1, -0.05) is 25.5 Å². The van der Waals surface area contributed by atoms with Crippen LogP contribution in [0.2, 0.25) is 0 Å². The Kier molecular flexibility index (Phi) is 1.95. The predicted molar refractivity (Wildman–Crippen MR) is 57.4 cm³/mol. The van der Waals surface area contributed by atoms with Crippen molar-refractivity contribution in [3.05, 3.63) is 11.6 Å². The van der Waals surface area contributed by atoms with E-state index in [1.165, 1.54) is 5.57 Å². The molecule has 2 heteroatoms. The Morgan fingerprint density at radius 3 is 2.47 bits per heavy atom. The van der Waals surface area contributed by atoms with Gasteiger partial charge in [0.05, 0.1) is 12.1 Å². The summed E-state index contributed by atoms with van der Waals surface area (Å²) in [7, 11) is 0. The topological polar surface area (TPSA) is 47.6 Å². The molecule has 0 amide bonds. The molecule has 0 aromatic rings. The molecule has 1 saturated carbocycles. The van der Waals surface area contributed by atoms with E-state index >= 15 is 0 Å². The molecule has 0 saturated heterocycles. The molecule has 0 aliphatic heterocycles. The third-order valence-electron chi connectivity index (χ3n) is 4.54. The van der Waals surface area contributed by atoms with E-state index in [2.05, 4.69) is 39.0 Å². The van der Waals surface area contributed by atoms with Gasteiger partial charge < -0.3 is 0 Å². The monoisotopic (exact) mass is 200 g/mol. The summed E-state index contributed by atoms with van der Waals surface area (Å²) in [6.07, 6.45) is 4.41. The summed E-state index contributed by atoms with van der Waals surface area (Å²) in [5.74, 6) is 0.678. The first-order valence-electron chi connectivity index (χ1n) is 5.49. The second-order valence-electron chi connectivity index (χ2n) is 5.44. The highest BCUT2D eigenvalue weighted by molar-refractivity contribution is 5.36. The molecule has 0 radical (unpaired) electrons. The molecule has 1 fully saturated rings. The smallest absolute Gasteiger partial charge is 0.155 e. The number of rotatable bonds is 0. The summed E-state index contributed by atoms with van der Waals surface area (Å²) in [6.45, 7) is 6.23. The first-order valence-corrected chi connectivity index (χ1v) is 5.49. The minimum Gasteiger partial charge on any atom is -0.197 e. The van der Waals surface area contributed by atoms with Gasteiger partial charge in [-0.25, -0.2) is 0 Å². The van der Waals surface area contributed by atoms with Crippen LogP contribution in [-0.2, 0) is 0 Å². The molecule has 0 N–H and O–H groups in total. The lowest BCUT2D eigenvalue weighted by molar-refractivity contribution is -0.0976. The lowest BCUT2D eigenvalue weighted by Crippen LogP contribution is -2.61. The molecule has 2 nitrogen and oxygen atoms in total. The van der Waals surface area contributed by atoms with Gasteiger partial charge in [-0.3, -0.25) is 0 Å². The molecule has 2 rings (SSSR count). The maximum absolute atomic E-state index is 9.30. The molecule has 2 aliphatic carbocycles. The number of fused-ring (bicyclic) bond motifs is 1. The predicted octanol–water partition coefficient (Wildman–Crippen LogP) is 3.03. The summed E-state index contributed by atoms with van der Waals surface area (Å²) in [6, 6.07) is 4.54. The first-order chi connectivity index (χ1) is 6.99. The van der Waals surface area contributed by atoms with Crippen molar-refractivity contribution >= 4 is 0 Å². The normalized spacial score (nSPS) is 35.1. The Balaban J connectivity index is 2.47. The summed E-state index contributed by atoms with van der Waals surface area (Å²) in [4.78, 5) is 0. The lowest BCUT2D eigenvalue weighted by Gasteiger charge is -2.61. The standard InChI is InChI=1S/C13H16N2/c1-9-4-5-10-11(6-9)13(7-14,8-15)12(10,2)3/h6,10-11H,4-5H2,1-3H3. The van der Waals surface area contributed by atoms with Gasteiger partial charge in [-0.15, -0.1) is 0 Å². The zero-order chi connectivity index (χ0) is 11.3. The summed E-state index contributed by atoms with van der Waals surface area (Å²) < 4.78 is 0. The van der Waals surface area contributed by atoms with E-state index in [0.29, 0.717) is 5.92 Å². The zero-order valence-electron chi connectivity index (χ0n) is 9.54. The molecule has 2 aliphatic rings. The van der Waals surface area contributed by atoms with Crippen LogP contribution in [0, 0.1) is 45.3 Å². The summed E-state index contributed by atoms with van der Waals surface area (Å²) in [5, 5.41) is 18.6. The van der Waals surface area contributed by atoms with Crippen LogP contribution in [-0.4, -0.2) is 0 Å². The van der Waals surface area contributed by atoms with Crippen LogP contribution in [0.5, 0.6) is 0 Å². The Hall–Kier alpha value is -1.28. The van der Waals surface area contributed by atoms with Crippen LogP contribution < -0.4 is 0 Å². The van der Waals surface area contributed by atoms with Gasteiger partial charge in [0, 0.05) is 11.3 Å². The van der Waals surface area contributed by atoms with Crippen molar-refractivity contribution in [3.63, 3.8) is 0 Å². The van der Waals surface area contributed by atoms with Gasteiger partial charge >= 0.3 is 0 Å². The zero-order valence-corrected chi connectivity index (χ0v) is 9.54. The van der Waals surface area contributed by atoms with E-state index in [0.717, 1.165) is 12.8 Å². The SMILES string of the molecule is CC1=CC2C(CC1)C(C)(C)C2(C#N)C#N. The highest BCUT2D eigenvalue weighted by Gasteiger charge is 2.67.